The van der Waals surface area contributed by atoms with Crippen molar-refractivity contribution in [2.45, 2.75) is 51.7 Å². The summed E-state index contributed by atoms with van der Waals surface area (Å²) < 4.78 is 31.3. The minimum absolute atomic E-state index is 0.159. The van der Waals surface area contributed by atoms with Gasteiger partial charge in [0.15, 0.2) is 6.10 Å². The van der Waals surface area contributed by atoms with Crippen LogP contribution in [-0.4, -0.2) is 73.4 Å². The summed E-state index contributed by atoms with van der Waals surface area (Å²) >= 11 is 5.00. The second-order valence-corrected chi connectivity index (χ2v) is 6.22. The molecular formula is C16H23NO10S. The zero-order chi connectivity index (χ0) is 21.5. The summed E-state index contributed by atoms with van der Waals surface area (Å²) in [6.07, 6.45) is -2.54. The molecule has 0 spiro atoms. The molecule has 0 bridgehead atoms. The van der Waals surface area contributed by atoms with Crippen LogP contribution in [0, 0.1) is 0 Å². The van der Waals surface area contributed by atoms with Crippen molar-refractivity contribution >= 4 is 41.3 Å². The molecular weight excluding hydrogens is 398 g/mol. The average Bonchev–Trinajstić information content (AvgIpc) is 2.57. The number of methoxy groups -OCH3 is 1. The quantitative estimate of drug-likeness (QED) is 0.339. The minimum Gasteiger partial charge on any atom is -0.474 e. The van der Waals surface area contributed by atoms with Crippen LogP contribution in [0.3, 0.4) is 0 Å². The standard InChI is InChI=1S/C16H23NO10S/c1-8(18)24-7-16(27-11(4)21)12(25-9(2)19)6-23-14(26-10(3)20)13(16)17-15(28)22-5/h12-14H,6-7H2,1-5H3,(H,17,28)/t12-,13-,14+,16+/m0/s1. The summed E-state index contributed by atoms with van der Waals surface area (Å²) in [4.78, 5) is 46.4. The molecule has 0 aliphatic carbocycles. The Balaban J connectivity index is 3.49. The first kappa shape index (κ1) is 23.6. The molecule has 0 amide bonds. The molecule has 1 aliphatic heterocycles. The van der Waals surface area contributed by atoms with Crippen molar-refractivity contribution < 1.29 is 47.6 Å². The molecule has 4 atom stereocenters. The third kappa shape index (κ3) is 6.30. The Morgan fingerprint density at radius 1 is 1.04 bits per heavy atom. The molecule has 1 heterocycles. The average molecular weight is 421 g/mol. The number of hydrogen-bond donors (Lipinski definition) is 1. The number of rotatable bonds is 6. The molecule has 1 fully saturated rings. The smallest absolute Gasteiger partial charge is 0.305 e. The van der Waals surface area contributed by atoms with Crippen LogP contribution in [0.4, 0.5) is 0 Å². The first-order valence-electron chi connectivity index (χ1n) is 8.15. The second kappa shape index (κ2) is 10.2. The van der Waals surface area contributed by atoms with Crippen molar-refractivity contribution in [2.75, 3.05) is 20.3 Å². The summed E-state index contributed by atoms with van der Waals surface area (Å²) in [6.45, 7) is 3.70. The lowest BCUT2D eigenvalue weighted by atomic mass is 9.85. The van der Waals surface area contributed by atoms with Gasteiger partial charge in [0.25, 0.3) is 5.17 Å². The van der Waals surface area contributed by atoms with E-state index in [4.69, 9.17) is 40.6 Å². The van der Waals surface area contributed by atoms with Gasteiger partial charge in [0, 0.05) is 27.7 Å². The van der Waals surface area contributed by atoms with Gasteiger partial charge in [-0.3, -0.25) is 19.2 Å². The molecule has 0 saturated carbocycles. The predicted molar refractivity (Wildman–Crippen MR) is 94.7 cm³/mol. The van der Waals surface area contributed by atoms with Crippen LogP contribution in [0.15, 0.2) is 0 Å². The highest BCUT2D eigenvalue weighted by Gasteiger charge is 2.60. The maximum Gasteiger partial charge on any atom is 0.305 e. The van der Waals surface area contributed by atoms with Gasteiger partial charge in [0.05, 0.1) is 13.7 Å². The summed E-state index contributed by atoms with van der Waals surface area (Å²) in [5.74, 6) is -2.86. The monoisotopic (exact) mass is 421 g/mol. The molecule has 1 N–H and O–H groups in total. The molecule has 12 heteroatoms. The lowest BCUT2D eigenvalue weighted by molar-refractivity contribution is -0.276. The number of nitrogens with one attached hydrogen (secondary N) is 1. The van der Waals surface area contributed by atoms with Crippen LogP contribution in [0.5, 0.6) is 0 Å². The molecule has 0 radical (unpaired) electrons. The maximum atomic E-state index is 11.9. The molecule has 11 nitrogen and oxygen atoms in total. The van der Waals surface area contributed by atoms with E-state index >= 15 is 0 Å². The molecule has 1 saturated heterocycles. The maximum absolute atomic E-state index is 11.9. The fourth-order valence-electron chi connectivity index (χ4n) is 2.65. The Labute approximate surface area is 166 Å². The number of carbonyl (C=O) groups is 4. The van der Waals surface area contributed by atoms with E-state index in [0.717, 1.165) is 27.7 Å². The van der Waals surface area contributed by atoms with Crippen LogP contribution in [0.25, 0.3) is 0 Å². The van der Waals surface area contributed by atoms with Crippen LogP contribution < -0.4 is 5.32 Å². The highest BCUT2D eigenvalue weighted by molar-refractivity contribution is 7.80. The molecule has 0 unspecified atom stereocenters. The SMILES string of the molecule is COC(=S)N[C@H]1[C@@H](OC(C)=O)OC[C@H](OC(C)=O)[C@@]1(COC(C)=O)OC(C)=O. The summed E-state index contributed by atoms with van der Waals surface area (Å²) in [6, 6.07) is -1.23. The van der Waals surface area contributed by atoms with Crippen molar-refractivity contribution in [3.8, 4) is 0 Å². The largest absolute Gasteiger partial charge is 0.474 e. The van der Waals surface area contributed by atoms with Crippen LogP contribution >= 0.6 is 12.2 Å². The van der Waals surface area contributed by atoms with Crippen LogP contribution in [-0.2, 0) is 47.6 Å². The highest BCUT2D eigenvalue weighted by atomic mass is 32.1. The van der Waals surface area contributed by atoms with Gasteiger partial charge >= 0.3 is 23.9 Å². The van der Waals surface area contributed by atoms with E-state index in [2.05, 4.69) is 5.32 Å². The molecule has 0 aromatic carbocycles. The molecule has 28 heavy (non-hydrogen) atoms. The fourth-order valence-corrected chi connectivity index (χ4v) is 2.78. The topological polar surface area (TPSA) is 136 Å². The van der Waals surface area contributed by atoms with Crippen molar-refractivity contribution in [1.29, 1.82) is 0 Å². The Bertz CT molecular complexity index is 639. The third-order valence-electron chi connectivity index (χ3n) is 3.64. The van der Waals surface area contributed by atoms with Crippen molar-refractivity contribution in [3.63, 3.8) is 0 Å². The lowest BCUT2D eigenvalue weighted by Crippen LogP contribution is -2.73. The van der Waals surface area contributed by atoms with Crippen LogP contribution in [0.2, 0.25) is 0 Å². The van der Waals surface area contributed by atoms with Gasteiger partial charge in [-0.1, -0.05) is 0 Å². The lowest BCUT2D eigenvalue weighted by Gasteiger charge is -2.48. The molecule has 0 aromatic heterocycles. The van der Waals surface area contributed by atoms with E-state index in [0.29, 0.717) is 0 Å². The van der Waals surface area contributed by atoms with Crippen molar-refractivity contribution in [2.24, 2.45) is 0 Å². The Morgan fingerprint density at radius 3 is 2.11 bits per heavy atom. The van der Waals surface area contributed by atoms with E-state index in [1.54, 1.807) is 0 Å². The number of thiocarbonyl (C=S) groups is 1. The molecule has 1 aliphatic rings. The fraction of sp³-hybridized carbons (Fsp3) is 0.688. The van der Waals surface area contributed by atoms with E-state index in [1.165, 1.54) is 7.11 Å². The summed E-state index contributed by atoms with van der Waals surface area (Å²) in [7, 11) is 1.28. The second-order valence-electron chi connectivity index (χ2n) is 5.85. The summed E-state index contributed by atoms with van der Waals surface area (Å²) in [5.41, 5.74) is -1.83. The first-order valence-corrected chi connectivity index (χ1v) is 8.56. The summed E-state index contributed by atoms with van der Waals surface area (Å²) in [5, 5.41) is 2.54. The number of hydrogen-bond acceptors (Lipinski definition) is 11. The van der Waals surface area contributed by atoms with Gasteiger partial charge in [-0.2, -0.15) is 0 Å². The zero-order valence-electron chi connectivity index (χ0n) is 16.1. The normalized spacial score (nSPS) is 26.4. The van der Waals surface area contributed by atoms with E-state index in [9.17, 15) is 19.2 Å². The van der Waals surface area contributed by atoms with Gasteiger partial charge in [-0.15, -0.1) is 0 Å². The Morgan fingerprint density at radius 2 is 1.64 bits per heavy atom. The first-order chi connectivity index (χ1) is 13.0. The van der Waals surface area contributed by atoms with Gasteiger partial charge in [0.2, 0.25) is 11.9 Å². The van der Waals surface area contributed by atoms with E-state index < -0.39 is 54.5 Å². The third-order valence-corrected chi connectivity index (χ3v) is 3.92. The Hall–Kier alpha value is -2.47. The Kier molecular flexibility index (Phi) is 8.57. The number of esters is 4. The zero-order valence-corrected chi connectivity index (χ0v) is 17.0. The number of carbonyl (C=O) groups excluding carboxylic acids is 4. The molecule has 0 aromatic rings. The van der Waals surface area contributed by atoms with Gasteiger partial charge in [-0.05, 0) is 12.2 Å². The van der Waals surface area contributed by atoms with Crippen molar-refractivity contribution in [1.82, 2.24) is 5.32 Å². The number of ether oxygens (including phenoxy) is 6. The van der Waals surface area contributed by atoms with E-state index in [1.807, 2.05) is 0 Å². The van der Waals surface area contributed by atoms with Crippen LogP contribution in [0.1, 0.15) is 27.7 Å². The van der Waals surface area contributed by atoms with Gasteiger partial charge in [-0.25, -0.2) is 0 Å². The van der Waals surface area contributed by atoms with Gasteiger partial charge < -0.3 is 33.7 Å². The highest BCUT2D eigenvalue weighted by Crippen LogP contribution is 2.33. The molecule has 1 rings (SSSR count). The van der Waals surface area contributed by atoms with E-state index in [-0.39, 0.29) is 11.8 Å². The van der Waals surface area contributed by atoms with Gasteiger partial charge in [0.1, 0.15) is 12.6 Å². The van der Waals surface area contributed by atoms with Crippen molar-refractivity contribution in [3.05, 3.63) is 0 Å². The molecule has 158 valence electrons. The minimum atomic E-state index is -1.83. The predicted octanol–water partition coefficient (Wildman–Crippen LogP) is -0.408.